The van der Waals surface area contributed by atoms with Crippen molar-refractivity contribution in [3.8, 4) is 0 Å². The molecule has 16 heteroatoms. The van der Waals surface area contributed by atoms with Gasteiger partial charge in [0.25, 0.3) is 0 Å². The summed E-state index contributed by atoms with van der Waals surface area (Å²) >= 11 is 2.40. The molecule has 0 fully saturated rings. The Bertz CT molecular complexity index is 557. The van der Waals surface area contributed by atoms with Gasteiger partial charge in [0.2, 0.25) is 14.8 Å². The molecule has 0 unspecified atom stereocenters. The Hall–Kier alpha value is -2.78. The summed E-state index contributed by atoms with van der Waals surface area (Å²) in [5.41, 5.74) is 0. The van der Waals surface area contributed by atoms with Gasteiger partial charge >= 0.3 is 16.6 Å². The molecule has 0 bridgehead atoms. The topological polar surface area (TPSA) is 203 Å². The standard InChI is InChI=1S/C3BrN7O8/c4-1-5-2(8(12)13)6-7(1)3(9(14)15,10(16)17)11(18)19. The lowest BCUT2D eigenvalue weighted by Gasteiger charge is -2.04. The summed E-state index contributed by atoms with van der Waals surface area (Å²) in [5.74, 6) is -5.43. The Morgan fingerprint density at radius 2 is 1.42 bits per heavy atom. The molecule has 0 aliphatic heterocycles. The molecule has 1 rings (SSSR count). The maximum absolute atomic E-state index is 10.7. The zero-order valence-electron chi connectivity index (χ0n) is 8.27. The van der Waals surface area contributed by atoms with Crippen molar-refractivity contribution >= 4 is 21.9 Å². The fourth-order valence-corrected chi connectivity index (χ4v) is 1.46. The van der Waals surface area contributed by atoms with E-state index in [0.29, 0.717) is 0 Å². The molecule has 102 valence electrons. The zero-order valence-corrected chi connectivity index (χ0v) is 9.86. The second-order valence-electron chi connectivity index (χ2n) is 2.72. The summed E-state index contributed by atoms with van der Waals surface area (Å²) in [6.45, 7) is 0. The maximum atomic E-state index is 10.7. The van der Waals surface area contributed by atoms with E-state index in [1.165, 1.54) is 0 Å². The van der Waals surface area contributed by atoms with E-state index in [9.17, 15) is 40.5 Å². The van der Waals surface area contributed by atoms with Crippen LogP contribution in [0.25, 0.3) is 0 Å². The number of nitro groups is 4. The van der Waals surface area contributed by atoms with E-state index in [0.717, 1.165) is 0 Å². The lowest BCUT2D eigenvalue weighted by atomic mass is 10.6. The third-order valence-electron chi connectivity index (χ3n) is 1.74. The fourth-order valence-electron chi connectivity index (χ4n) is 0.983. The van der Waals surface area contributed by atoms with Crippen LogP contribution < -0.4 is 0 Å². The normalized spacial score (nSPS) is 11.0. The Balaban J connectivity index is 3.68. The lowest BCUT2D eigenvalue weighted by Crippen LogP contribution is -2.55. The lowest BCUT2D eigenvalue weighted by molar-refractivity contribution is -1.01. The Labute approximate surface area is 108 Å². The van der Waals surface area contributed by atoms with E-state index in [1.807, 2.05) is 0 Å². The van der Waals surface area contributed by atoms with Gasteiger partial charge in [0.15, 0.2) is 0 Å². The molecule has 19 heavy (non-hydrogen) atoms. The predicted octanol–water partition coefficient (Wildman–Crippen LogP) is -0.653. The number of hydrogen-bond acceptors (Lipinski definition) is 10. The molecule has 0 saturated carbocycles. The van der Waals surface area contributed by atoms with E-state index >= 15 is 0 Å². The van der Waals surface area contributed by atoms with Gasteiger partial charge in [-0.25, -0.2) is 0 Å². The van der Waals surface area contributed by atoms with Gasteiger partial charge in [0.1, 0.15) is 0 Å². The highest BCUT2D eigenvalue weighted by Gasteiger charge is 2.78. The van der Waals surface area contributed by atoms with E-state index in [1.54, 1.807) is 0 Å². The van der Waals surface area contributed by atoms with Crippen LogP contribution in [0.5, 0.6) is 0 Å². The monoisotopic (exact) mass is 341 g/mol. The molecule has 1 heterocycles. The molecule has 0 aromatic carbocycles. The van der Waals surface area contributed by atoms with Gasteiger partial charge in [-0.3, -0.25) is 30.3 Å². The van der Waals surface area contributed by atoms with Crippen molar-refractivity contribution in [3.05, 3.63) is 45.2 Å². The van der Waals surface area contributed by atoms with E-state index in [-0.39, 0.29) is 0 Å². The summed E-state index contributed by atoms with van der Waals surface area (Å²) in [4.78, 5) is 38.5. The van der Waals surface area contributed by atoms with Crippen LogP contribution in [0.3, 0.4) is 0 Å². The van der Waals surface area contributed by atoms with Crippen LogP contribution >= 0.6 is 15.9 Å². The summed E-state index contributed by atoms with van der Waals surface area (Å²) in [6, 6.07) is 0. The summed E-state index contributed by atoms with van der Waals surface area (Å²) in [7, 11) is 0. The highest BCUT2D eigenvalue weighted by atomic mass is 79.9. The van der Waals surface area contributed by atoms with Crippen molar-refractivity contribution in [2.24, 2.45) is 0 Å². The minimum atomic E-state index is -4.15. The number of halogens is 1. The van der Waals surface area contributed by atoms with Crippen molar-refractivity contribution in [3.63, 3.8) is 0 Å². The molecule has 15 nitrogen and oxygen atoms in total. The second-order valence-corrected chi connectivity index (χ2v) is 3.43. The van der Waals surface area contributed by atoms with Crippen molar-refractivity contribution in [1.29, 1.82) is 0 Å². The van der Waals surface area contributed by atoms with Crippen LogP contribution in [0.1, 0.15) is 0 Å². The largest absolute Gasteiger partial charge is 0.835 e. The van der Waals surface area contributed by atoms with Crippen LogP contribution in [0.15, 0.2) is 4.73 Å². The van der Waals surface area contributed by atoms with Crippen molar-refractivity contribution in [2.75, 3.05) is 0 Å². The van der Waals surface area contributed by atoms with E-state index in [4.69, 9.17) is 0 Å². The van der Waals surface area contributed by atoms with Crippen molar-refractivity contribution in [1.82, 2.24) is 14.8 Å². The first kappa shape index (κ1) is 14.3. The highest BCUT2D eigenvalue weighted by molar-refractivity contribution is 9.10. The van der Waals surface area contributed by atoms with Crippen LogP contribution in [-0.2, 0) is 5.91 Å². The average Bonchev–Trinajstić information content (AvgIpc) is 2.60. The van der Waals surface area contributed by atoms with Gasteiger partial charge in [-0.1, -0.05) is 0 Å². The number of rotatable bonds is 5. The Kier molecular flexibility index (Phi) is 3.36. The molecule has 0 amide bonds. The maximum Gasteiger partial charge on any atom is 0.835 e. The van der Waals surface area contributed by atoms with Gasteiger partial charge in [-0.05, 0) is 9.91 Å². The molecule has 1 aromatic rings. The molecule has 0 aliphatic rings. The smallest absolute Gasteiger partial charge is 0.390 e. The third-order valence-corrected chi connectivity index (χ3v) is 2.25. The third kappa shape index (κ3) is 1.92. The predicted molar refractivity (Wildman–Crippen MR) is 53.3 cm³/mol. The fraction of sp³-hybridized carbons (Fsp3) is 0.333. The highest BCUT2D eigenvalue weighted by Crippen LogP contribution is 2.24. The summed E-state index contributed by atoms with van der Waals surface area (Å²) in [5, 5.41) is 45.2. The van der Waals surface area contributed by atoms with Gasteiger partial charge in [-0.2, -0.15) is 0 Å². The van der Waals surface area contributed by atoms with Crippen LogP contribution in [0.2, 0.25) is 0 Å². The average molecular weight is 342 g/mol. The molecule has 0 spiro atoms. The Morgan fingerprint density at radius 1 is 1.00 bits per heavy atom. The quantitative estimate of drug-likeness (QED) is 0.375. The minimum Gasteiger partial charge on any atom is -0.390 e. The summed E-state index contributed by atoms with van der Waals surface area (Å²) in [6.07, 6.45) is 0. The molecular weight excluding hydrogens is 342 g/mol. The minimum absolute atomic E-state index is 0.412. The molecule has 0 N–H and O–H groups in total. The Morgan fingerprint density at radius 3 is 1.68 bits per heavy atom. The van der Waals surface area contributed by atoms with Gasteiger partial charge in [0, 0.05) is 15.9 Å². The zero-order chi connectivity index (χ0) is 15.0. The van der Waals surface area contributed by atoms with Gasteiger partial charge in [-0.15, -0.1) is 0 Å². The molecule has 0 aliphatic carbocycles. The second kappa shape index (κ2) is 4.48. The van der Waals surface area contributed by atoms with Crippen LogP contribution in [0.4, 0.5) is 5.95 Å². The van der Waals surface area contributed by atoms with E-state index < -0.39 is 41.0 Å². The van der Waals surface area contributed by atoms with Crippen LogP contribution in [0, 0.1) is 40.5 Å². The number of nitrogens with zero attached hydrogens (tertiary/aromatic N) is 7. The number of aromatic nitrogens is 3. The van der Waals surface area contributed by atoms with Gasteiger partial charge < -0.3 is 10.1 Å². The molecule has 0 radical (unpaired) electrons. The van der Waals surface area contributed by atoms with Crippen LogP contribution in [-0.4, -0.2) is 34.5 Å². The summed E-state index contributed by atoms with van der Waals surface area (Å²) < 4.78 is -1.32. The first-order valence-electron chi connectivity index (χ1n) is 3.86. The number of hydrogen-bond donors (Lipinski definition) is 0. The first-order valence-corrected chi connectivity index (χ1v) is 4.66. The molecule has 0 atom stereocenters. The van der Waals surface area contributed by atoms with Crippen molar-refractivity contribution in [2.45, 2.75) is 5.91 Å². The molecular formula is C3BrN7O8. The van der Waals surface area contributed by atoms with E-state index in [2.05, 4.69) is 26.0 Å². The van der Waals surface area contributed by atoms with Gasteiger partial charge in [0.05, 0.1) is 9.78 Å². The first-order chi connectivity index (χ1) is 8.65. The van der Waals surface area contributed by atoms with Crippen molar-refractivity contribution < 1.29 is 19.7 Å². The SMILES string of the molecule is O=[N+]([O-])c1nc(Br)n(C([N+](=O)[O-])([N+](=O)[O-])[N+](=O)[O-])n1. The molecule has 0 saturated heterocycles. The molecule has 1 aromatic heterocycles.